The number of aliphatic carboxylic acids is 1. The summed E-state index contributed by atoms with van der Waals surface area (Å²) in [6, 6.07) is -4.53. The fourth-order valence-corrected chi connectivity index (χ4v) is 3.84. The Morgan fingerprint density at radius 3 is 2.33 bits per heavy atom. The summed E-state index contributed by atoms with van der Waals surface area (Å²) in [6.07, 6.45) is 3.11. The van der Waals surface area contributed by atoms with Crippen LogP contribution in [0.25, 0.3) is 0 Å². The fourth-order valence-electron chi connectivity index (χ4n) is 3.84. The second-order valence-electron chi connectivity index (χ2n) is 8.55. The number of nitrogens with two attached hydrogens (primary N) is 3. The zero-order chi connectivity index (χ0) is 26.8. The van der Waals surface area contributed by atoms with Crippen LogP contribution in [-0.2, 0) is 35.2 Å². The van der Waals surface area contributed by atoms with E-state index in [9.17, 15) is 33.9 Å². The molecule has 1 aliphatic rings. The Morgan fingerprint density at radius 2 is 1.75 bits per heavy atom. The Bertz CT molecular complexity index is 967. The van der Waals surface area contributed by atoms with Crippen molar-refractivity contribution in [1.29, 1.82) is 0 Å². The largest absolute Gasteiger partial charge is 0.480 e. The molecule has 2 rings (SSSR count). The van der Waals surface area contributed by atoms with Gasteiger partial charge in [0, 0.05) is 37.7 Å². The van der Waals surface area contributed by atoms with Gasteiger partial charge in [0.15, 0.2) is 0 Å². The van der Waals surface area contributed by atoms with Crippen LogP contribution in [0.1, 0.15) is 44.2 Å². The minimum absolute atomic E-state index is 0.0112. The monoisotopic (exact) mass is 508 g/mol. The first kappa shape index (κ1) is 28.2. The molecule has 0 aromatic carbocycles. The smallest absolute Gasteiger partial charge is 0.326 e. The summed E-state index contributed by atoms with van der Waals surface area (Å²) >= 11 is 0. The third-order valence-corrected chi connectivity index (χ3v) is 5.76. The van der Waals surface area contributed by atoms with Crippen LogP contribution in [-0.4, -0.2) is 86.2 Å². The van der Waals surface area contributed by atoms with Crippen molar-refractivity contribution in [2.24, 2.45) is 17.2 Å². The van der Waals surface area contributed by atoms with Gasteiger partial charge in [-0.3, -0.25) is 24.0 Å². The molecule has 2 heterocycles. The summed E-state index contributed by atoms with van der Waals surface area (Å²) in [7, 11) is 0. The molecule has 1 aromatic rings. The first-order valence-electron chi connectivity index (χ1n) is 11.4. The highest BCUT2D eigenvalue weighted by Crippen LogP contribution is 2.20. The highest BCUT2D eigenvalue weighted by molar-refractivity contribution is 5.94. The molecular weight excluding hydrogens is 476 g/mol. The molecule has 0 saturated carbocycles. The summed E-state index contributed by atoms with van der Waals surface area (Å²) < 4.78 is 0. The number of carbonyl (C=O) groups excluding carboxylic acids is 5. The number of aromatic amines is 1. The summed E-state index contributed by atoms with van der Waals surface area (Å²) in [5.74, 6) is -4.60. The number of primary amides is 2. The van der Waals surface area contributed by atoms with Gasteiger partial charge >= 0.3 is 5.97 Å². The lowest BCUT2D eigenvalue weighted by Crippen LogP contribution is -2.57. The average molecular weight is 509 g/mol. The van der Waals surface area contributed by atoms with Gasteiger partial charge in [0.25, 0.3) is 0 Å². The van der Waals surface area contributed by atoms with E-state index in [1.54, 1.807) is 0 Å². The van der Waals surface area contributed by atoms with Gasteiger partial charge in [-0.25, -0.2) is 9.78 Å². The molecular formula is C21H32N8O7. The zero-order valence-corrected chi connectivity index (χ0v) is 19.6. The lowest BCUT2D eigenvalue weighted by Gasteiger charge is -2.29. The maximum absolute atomic E-state index is 13.4. The number of imidazole rings is 1. The van der Waals surface area contributed by atoms with Crippen LogP contribution in [0, 0.1) is 0 Å². The van der Waals surface area contributed by atoms with Crippen LogP contribution in [0.2, 0.25) is 0 Å². The third-order valence-electron chi connectivity index (χ3n) is 5.76. The van der Waals surface area contributed by atoms with Gasteiger partial charge in [0.05, 0.1) is 12.4 Å². The van der Waals surface area contributed by atoms with Crippen LogP contribution in [0.3, 0.4) is 0 Å². The number of hydrogen-bond acceptors (Lipinski definition) is 8. The molecule has 15 heteroatoms. The molecule has 15 nitrogen and oxygen atoms in total. The Labute approximate surface area is 206 Å². The maximum atomic E-state index is 13.4. The lowest BCUT2D eigenvalue weighted by atomic mass is 10.1. The standard InChI is InChI=1S/C21H32N8O7/c22-12(3-5-16(23)30)18(32)28-14(8-11-9-25-10-26-11)20(34)29-7-1-2-15(29)19(33)27-13(21(35)36)4-6-17(24)31/h9-10,12-15H,1-8,22H2,(H2,23,30)(H2,24,31)(H,25,26)(H,27,33)(H,28,32)(H,35,36). The molecule has 4 atom stereocenters. The summed E-state index contributed by atoms with van der Waals surface area (Å²) in [5.41, 5.74) is 16.5. The van der Waals surface area contributed by atoms with Crippen LogP contribution in [0.4, 0.5) is 0 Å². The van der Waals surface area contributed by atoms with E-state index in [0.29, 0.717) is 12.1 Å². The van der Waals surface area contributed by atoms with Crippen molar-refractivity contribution in [2.45, 2.75) is 69.1 Å². The van der Waals surface area contributed by atoms with E-state index in [1.165, 1.54) is 17.4 Å². The number of nitrogens with zero attached hydrogens (tertiary/aromatic N) is 2. The quantitative estimate of drug-likeness (QED) is 0.134. The number of likely N-dealkylation sites (tertiary alicyclic amines) is 1. The van der Waals surface area contributed by atoms with Gasteiger partial charge in [-0.05, 0) is 25.7 Å². The Kier molecular flexibility index (Phi) is 10.3. The van der Waals surface area contributed by atoms with Gasteiger partial charge in [-0.15, -0.1) is 0 Å². The normalized spacial score (nSPS) is 17.6. The second-order valence-corrected chi connectivity index (χ2v) is 8.55. The highest BCUT2D eigenvalue weighted by atomic mass is 16.4. The molecule has 0 radical (unpaired) electrons. The van der Waals surface area contributed by atoms with E-state index < -0.39 is 59.7 Å². The molecule has 1 aromatic heterocycles. The number of aromatic nitrogens is 2. The van der Waals surface area contributed by atoms with Crippen molar-refractivity contribution in [3.63, 3.8) is 0 Å². The Hall–Kier alpha value is -4.01. The van der Waals surface area contributed by atoms with Gasteiger partial charge in [0.1, 0.15) is 18.1 Å². The predicted octanol–water partition coefficient (Wildman–Crippen LogP) is -3.14. The number of rotatable bonds is 14. The Morgan fingerprint density at radius 1 is 1.08 bits per heavy atom. The van der Waals surface area contributed by atoms with Gasteiger partial charge in [0.2, 0.25) is 29.5 Å². The minimum Gasteiger partial charge on any atom is -0.480 e. The molecule has 1 saturated heterocycles. The van der Waals surface area contributed by atoms with Gasteiger partial charge in [-0.1, -0.05) is 0 Å². The molecule has 0 spiro atoms. The molecule has 1 aliphatic heterocycles. The number of nitrogens with one attached hydrogen (secondary N) is 3. The molecule has 4 unspecified atom stereocenters. The van der Waals surface area contributed by atoms with E-state index in [2.05, 4.69) is 20.6 Å². The molecule has 0 aliphatic carbocycles. The van der Waals surface area contributed by atoms with E-state index in [1.807, 2.05) is 0 Å². The molecule has 36 heavy (non-hydrogen) atoms. The first-order valence-corrected chi connectivity index (χ1v) is 11.4. The summed E-state index contributed by atoms with van der Waals surface area (Å²) in [5, 5.41) is 14.3. The number of carboxylic acid groups (broad SMARTS) is 1. The van der Waals surface area contributed by atoms with Gasteiger partial charge < -0.3 is 42.8 Å². The zero-order valence-electron chi connectivity index (χ0n) is 19.6. The average Bonchev–Trinajstić information content (AvgIpc) is 3.50. The van der Waals surface area contributed by atoms with E-state index in [0.717, 1.165) is 0 Å². The maximum Gasteiger partial charge on any atom is 0.326 e. The highest BCUT2D eigenvalue weighted by Gasteiger charge is 2.39. The molecule has 1 fully saturated rings. The number of H-pyrrole nitrogens is 1. The van der Waals surface area contributed by atoms with Crippen molar-refractivity contribution >= 4 is 35.5 Å². The van der Waals surface area contributed by atoms with Crippen LogP contribution < -0.4 is 27.8 Å². The number of amides is 5. The fraction of sp³-hybridized carbons (Fsp3) is 0.571. The van der Waals surface area contributed by atoms with E-state index in [-0.39, 0.29) is 45.1 Å². The molecule has 198 valence electrons. The van der Waals surface area contributed by atoms with Crippen molar-refractivity contribution in [1.82, 2.24) is 25.5 Å². The van der Waals surface area contributed by atoms with Crippen molar-refractivity contribution in [3.05, 3.63) is 18.2 Å². The third kappa shape index (κ3) is 8.33. The second kappa shape index (κ2) is 13.2. The predicted molar refractivity (Wildman–Crippen MR) is 123 cm³/mol. The van der Waals surface area contributed by atoms with E-state index >= 15 is 0 Å². The lowest BCUT2D eigenvalue weighted by molar-refractivity contribution is -0.145. The van der Waals surface area contributed by atoms with Crippen LogP contribution in [0.15, 0.2) is 12.5 Å². The SMILES string of the molecule is NC(=O)CCC(N)C(=O)NC(Cc1cnc[nH]1)C(=O)N1CCCC1C(=O)NC(CCC(N)=O)C(=O)O. The topological polar surface area (TPSA) is 257 Å². The van der Waals surface area contributed by atoms with E-state index in [4.69, 9.17) is 17.2 Å². The number of hydrogen-bond donors (Lipinski definition) is 7. The Balaban J connectivity index is 2.14. The molecule has 0 bridgehead atoms. The summed E-state index contributed by atoms with van der Waals surface area (Å²) in [6.45, 7) is 0.207. The van der Waals surface area contributed by atoms with Crippen molar-refractivity contribution in [2.75, 3.05) is 6.54 Å². The van der Waals surface area contributed by atoms with Crippen LogP contribution in [0.5, 0.6) is 0 Å². The molecule has 10 N–H and O–H groups in total. The minimum atomic E-state index is -1.36. The molecule has 5 amide bonds. The van der Waals surface area contributed by atoms with Crippen LogP contribution >= 0.6 is 0 Å². The number of carboxylic acids is 1. The van der Waals surface area contributed by atoms with Crippen molar-refractivity contribution in [3.8, 4) is 0 Å². The summed E-state index contributed by atoms with van der Waals surface area (Å²) in [4.78, 5) is 80.5. The first-order chi connectivity index (χ1) is 17.0. The number of carbonyl (C=O) groups is 6. The van der Waals surface area contributed by atoms with Gasteiger partial charge in [-0.2, -0.15) is 0 Å². The van der Waals surface area contributed by atoms with Crippen molar-refractivity contribution < 1.29 is 33.9 Å².